The number of rotatable bonds is 3. The Bertz CT molecular complexity index is 4760. The minimum absolute atomic E-state index is 0.433. The molecule has 14 aromatic rings. The first-order chi connectivity index (χ1) is 45.6. The fourth-order valence-electron chi connectivity index (χ4n) is 12.1. The van der Waals surface area contributed by atoms with Crippen LogP contribution in [0.5, 0.6) is 0 Å². The molecule has 3 aliphatic rings. The largest absolute Gasteiger partial charge is 0.344 e. The van der Waals surface area contributed by atoms with Crippen molar-refractivity contribution in [3.05, 3.63) is 396 Å². The highest BCUT2D eigenvalue weighted by molar-refractivity contribution is 6.10. The first-order valence-corrected chi connectivity index (χ1v) is 31.9. The average Bonchev–Trinajstić information content (AvgIpc) is 1.73. The zero-order valence-corrected chi connectivity index (χ0v) is 54.2. The zero-order chi connectivity index (χ0) is 64.3. The fourth-order valence-corrected chi connectivity index (χ4v) is 12.1. The van der Waals surface area contributed by atoms with Gasteiger partial charge in [-0.25, -0.2) is 0 Å². The lowest BCUT2D eigenvalue weighted by atomic mass is 9.69. The average molecular weight is 1210 g/mol. The van der Waals surface area contributed by atoms with Crippen molar-refractivity contribution in [3.8, 4) is 27.9 Å². The number of pyridine rings is 3. The van der Waals surface area contributed by atoms with E-state index in [0.29, 0.717) is 11.8 Å². The molecule has 0 N–H and O–H groups in total. The number of nitrogens with zero attached hydrogens (tertiary/aromatic N) is 5. The molecule has 5 heteroatoms. The molecule has 456 valence electrons. The third-order valence-corrected chi connectivity index (χ3v) is 16.8. The predicted molar refractivity (Wildman–Crippen MR) is 395 cm³/mol. The standard InChI is InChI=1S/C19H15N.2C19H16.C13H11N.3C6H7N/c1-14-11-12-19-17(13-14)16-9-5-6-10-18(16)20(19)15-7-3-2-4-8-15;1-13-10-11-18-16-8-3-2-6-14(16)15-7-4-5-9-17(15)19(18)12-13;1-15-10-12-17(13-11-15)19-9-5-8-18(14-19)16-6-3-2-4-7-16;1-14-12-8-4-2-6-10(12)11-7-3-5-9-13(11)14;1-6-2-4-7-5-3-6;1-6-3-2-4-7-5-6;1-6-4-2-3-5-7-6/h2-13H,1H3;2-12,15,18H,1H3;2-14H,1H3;2-9H,1H3;3*2-5H,1H3. The molecule has 93 heavy (non-hydrogen) atoms. The van der Waals surface area contributed by atoms with E-state index in [2.05, 4.69) is 313 Å². The molecule has 0 amide bonds. The molecule has 0 radical (unpaired) electrons. The number of aryl methyl sites for hydroxylation is 6. The lowest BCUT2D eigenvalue weighted by Gasteiger charge is -2.34. The number of hydrogen-bond donors (Lipinski definition) is 0. The van der Waals surface area contributed by atoms with Gasteiger partial charge in [0.1, 0.15) is 0 Å². The maximum Gasteiger partial charge on any atom is 0.0541 e. The van der Waals surface area contributed by atoms with Crippen LogP contribution in [0.1, 0.15) is 57.8 Å². The molecular formula is C88H79N5. The van der Waals surface area contributed by atoms with Gasteiger partial charge >= 0.3 is 0 Å². The third-order valence-electron chi connectivity index (χ3n) is 16.8. The van der Waals surface area contributed by atoms with Crippen molar-refractivity contribution in [2.45, 2.75) is 53.4 Å². The van der Waals surface area contributed by atoms with Crippen LogP contribution in [0.15, 0.2) is 357 Å². The Morgan fingerprint density at radius 3 is 1.44 bits per heavy atom. The number of allylic oxidation sites excluding steroid dienone is 10. The second-order valence-corrected chi connectivity index (χ2v) is 23.6. The SMILES string of the molecule is CC1=CC2=C3C=CC=CC3c3ccccc3C2C=C1.Cc1ccc(-c2cccc(-c3ccccc3)c2)cc1.Cc1ccc2c(c1)c1ccccc1n2-c1ccccc1.Cc1ccccn1.Cc1cccnc1.Cc1ccncc1.Cn1c2ccccc2c2ccccc21. The Labute approximate surface area is 549 Å². The van der Waals surface area contributed by atoms with Gasteiger partial charge in [0.2, 0.25) is 0 Å². The Morgan fingerprint density at radius 2 is 0.871 bits per heavy atom. The van der Waals surface area contributed by atoms with Crippen LogP contribution in [0.25, 0.3) is 71.6 Å². The fraction of sp³-hybridized carbons (Fsp3) is 0.102. The lowest BCUT2D eigenvalue weighted by Crippen LogP contribution is -2.18. The molecule has 0 saturated heterocycles. The van der Waals surface area contributed by atoms with Gasteiger partial charge in [-0.1, -0.05) is 247 Å². The van der Waals surface area contributed by atoms with Crippen molar-refractivity contribution in [1.29, 1.82) is 0 Å². The van der Waals surface area contributed by atoms with Crippen molar-refractivity contribution in [1.82, 2.24) is 24.1 Å². The molecule has 2 unspecified atom stereocenters. The smallest absolute Gasteiger partial charge is 0.0541 e. The highest BCUT2D eigenvalue weighted by Crippen LogP contribution is 2.48. The first kappa shape index (κ1) is 63.3. The minimum Gasteiger partial charge on any atom is -0.344 e. The molecule has 5 nitrogen and oxygen atoms in total. The topological polar surface area (TPSA) is 48.5 Å². The summed E-state index contributed by atoms with van der Waals surface area (Å²) in [4.78, 5) is 11.7. The van der Waals surface area contributed by atoms with Gasteiger partial charge in [0.25, 0.3) is 0 Å². The number of benzene rings is 9. The maximum atomic E-state index is 3.98. The summed E-state index contributed by atoms with van der Waals surface area (Å²) < 4.78 is 4.58. The predicted octanol–water partition coefficient (Wildman–Crippen LogP) is 22.7. The van der Waals surface area contributed by atoms with Gasteiger partial charge in [-0.3, -0.25) is 15.0 Å². The lowest BCUT2D eigenvalue weighted by molar-refractivity contribution is 0.849. The molecule has 0 bridgehead atoms. The van der Waals surface area contributed by atoms with Crippen LogP contribution >= 0.6 is 0 Å². The summed E-state index contributed by atoms with van der Waals surface area (Å²) in [5, 5.41) is 5.32. The van der Waals surface area contributed by atoms with E-state index in [1.165, 1.54) is 122 Å². The maximum absolute atomic E-state index is 3.98. The van der Waals surface area contributed by atoms with Gasteiger partial charge in [-0.15, -0.1) is 0 Å². The minimum atomic E-state index is 0.433. The van der Waals surface area contributed by atoms with Crippen LogP contribution in [-0.4, -0.2) is 24.1 Å². The second-order valence-electron chi connectivity index (χ2n) is 23.6. The Hall–Kier alpha value is -11.3. The van der Waals surface area contributed by atoms with Crippen molar-refractivity contribution in [2.24, 2.45) is 7.05 Å². The normalized spacial score (nSPS) is 13.6. The Kier molecular flexibility index (Phi) is 21.1. The number of aromatic nitrogens is 5. The van der Waals surface area contributed by atoms with Crippen molar-refractivity contribution in [2.75, 3.05) is 0 Å². The monoisotopic (exact) mass is 1210 g/mol. The summed E-state index contributed by atoms with van der Waals surface area (Å²) in [6.45, 7) is 12.5. The van der Waals surface area contributed by atoms with E-state index < -0.39 is 0 Å². The van der Waals surface area contributed by atoms with E-state index >= 15 is 0 Å². The molecule has 3 aliphatic carbocycles. The summed E-state index contributed by atoms with van der Waals surface area (Å²) in [5.74, 6) is 0.866. The Morgan fingerprint density at radius 1 is 0.333 bits per heavy atom. The zero-order valence-electron chi connectivity index (χ0n) is 54.2. The number of fused-ring (bicyclic) bond motifs is 11. The summed E-state index contributed by atoms with van der Waals surface area (Å²) in [6, 6.07) is 93.4. The van der Waals surface area contributed by atoms with Gasteiger partial charge in [-0.05, 0) is 176 Å². The molecule has 0 aliphatic heterocycles. The molecule has 17 rings (SSSR count). The van der Waals surface area contributed by atoms with Gasteiger partial charge in [0.15, 0.2) is 0 Å². The highest BCUT2D eigenvalue weighted by atomic mass is 15.0. The molecule has 9 aromatic carbocycles. The number of hydrogen-bond acceptors (Lipinski definition) is 3. The highest BCUT2D eigenvalue weighted by Gasteiger charge is 2.31. The van der Waals surface area contributed by atoms with E-state index in [1.807, 2.05) is 75.5 Å². The molecule has 0 fully saturated rings. The van der Waals surface area contributed by atoms with E-state index in [0.717, 1.165) is 5.69 Å². The van der Waals surface area contributed by atoms with E-state index in [4.69, 9.17) is 0 Å². The van der Waals surface area contributed by atoms with Crippen molar-refractivity contribution >= 4 is 43.6 Å². The van der Waals surface area contributed by atoms with Gasteiger partial charge in [-0.2, -0.15) is 0 Å². The summed E-state index contributed by atoms with van der Waals surface area (Å²) in [7, 11) is 2.12. The van der Waals surface area contributed by atoms with Crippen LogP contribution in [0.3, 0.4) is 0 Å². The molecule has 5 aromatic heterocycles. The van der Waals surface area contributed by atoms with Crippen LogP contribution in [0.4, 0.5) is 0 Å². The quantitative estimate of drug-likeness (QED) is 0.177. The van der Waals surface area contributed by atoms with E-state index in [9.17, 15) is 0 Å². The molecule has 0 spiro atoms. The third kappa shape index (κ3) is 15.8. The van der Waals surface area contributed by atoms with Gasteiger partial charge in [0, 0.05) is 93.8 Å². The summed E-state index contributed by atoms with van der Waals surface area (Å²) in [5.41, 5.74) is 24.7. The molecule has 2 atom stereocenters. The van der Waals surface area contributed by atoms with E-state index in [-0.39, 0.29) is 0 Å². The van der Waals surface area contributed by atoms with Crippen LogP contribution in [0, 0.1) is 34.6 Å². The van der Waals surface area contributed by atoms with Crippen LogP contribution in [0.2, 0.25) is 0 Å². The molecule has 0 saturated carbocycles. The number of para-hydroxylation sites is 4. The summed E-state index contributed by atoms with van der Waals surface area (Å²) in [6.07, 6.45) is 24.8. The van der Waals surface area contributed by atoms with Crippen molar-refractivity contribution in [3.63, 3.8) is 0 Å². The summed E-state index contributed by atoms with van der Waals surface area (Å²) >= 11 is 0. The first-order valence-electron chi connectivity index (χ1n) is 31.9. The van der Waals surface area contributed by atoms with Gasteiger partial charge in [0.05, 0.1) is 11.0 Å². The second kappa shape index (κ2) is 31.0. The Balaban J connectivity index is 0.000000115. The van der Waals surface area contributed by atoms with Crippen molar-refractivity contribution < 1.29 is 0 Å². The molecule has 5 heterocycles. The van der Waals surface area contributed by atoms with E-state index in [1.54, 1.807) is 24.8 Å². The van der Waals surface area contributed by atoms with Crippen LogP contribution < -0.4 is 0 Å². The van der Waals surface area contributed by atoms with Crippen LogP contribution in [-0.2, 0) is 7.05 Å². The molecular weight excluding hydrogens is 1130 g/mol. The van der Waals surface area contributed by atoms with Gasteiger partial charge < -0.3 is 9.13 Å².